The first-order chi connectivity index (χ1) is 10.3. The monoisotopic (exact) mass is 349 g/mol. The van der Waals surface area contributed by atoms with Gasteiger partial charge in [0.25, 0.3) is 0 Å². The zero-order valence-electron chi connectivity index (χ0n) is 12.6. The topological polar surface area (TPSA) is 83.5 Å². The van der Waals surface area contributed by atoms with E-state index < -0.39 is 12.0 Å². The van der Waals surface area contributed by atoms with Crippen LogP contribution in [0.3, 0.4) is 0 Å². The van der Waals surface area contributed by atoms with Crippen LogP contribution in [0.15, 0.2) is 18.2 Å². The molecule has 7 heteroatoms. The largest absolute Gasteiger partial charge is 0.481 e. The lowest BCUT2D eigenvalue weighted by molar-refractivity contribution is -0.137. The molecule has 1 aromatic rings. The highest BCUT2D eigenvalue weighted by molar-refractivity contribution is 6.18. The smallest absolute Gasteiger partial charge is 0.304 e. The van der Waals surface area contributed by atoms with Gasteiger partial charge in [-0.15, -0.1) is 27.8 Å². The van der Waals surface area contributed by atoms with Gasteiger partial charge in [-0.05, 0) is 24.5 Å². The number of nitrogens with two attached hydrogens (primary N) is 1. The van der Waals surface area contributed by atoms with Crippen LogP contribution in [0.1, 0.15) is 17.5 Å². The summed E-state index contributed by atoms with van der Waals surface area (Å²) < 4.78 is -0.339. The van der Waals surface area contributed by atoms with Gasteiger partial charge >= 0.3 is 5.97 Å². The molecule has 0 aliphatic rings. The van der Waals surface area contributed by atoms with Crippen molar-refractivity contribution in [2.75, 3.05) is 24.8 Å². The molecule has 0 aliphatic heterocycles. The zero-order chi connectivity index (χ0) is 16.8. The van der Waals surface area contributed by atoms with Crippen LogP contribution in [0.25, 0.3) is 0 Å². The molecule has 5 nitrogen and oxygen atoms in total. The van der Waals surface area contributed by atoms with Crippen molar-refractivity contribution in [2.24, 2.45) is 5.73 Å². The Bertz CT molecular complexity index is 506. The first kappa shape index (κ1) is 19.2. The molecule has 0 amide bonds. The SMILES string of the molecule is Cc1ccc([N+](O)(CCCl)CCCl)cc1CC(N)CC(=O)O. The lowest BCUT2D eigenvalue weighted by Crippen LogP contribution is -2.49. The van der Waals surface area contributed by atoms with E-state index in [0.29, 0.717) is 37.0 Å². The van der Waals surface area contributed by atoms with Gasteiger partial charge in [0, 0.05) is 18.2 Å². The number of carbonyl (C=O) groups is 1. The number of alkyl halides is 2. The van der Waals surface area contributed by atoms with E-state index >= 15 is 0 Å². The maximum absolute atomic E-state index is 10.7. The quantitative estimate of drug-likeness (QED) is 0.363. The molecule has 22 heavy (non-hydrogen) atoms. The van der Waals surface area contributed by atoms with Crippen LogP contribution in [-0.2, 0) is 11.2 Å². The highest BCUT2D eigenvalue weighted by Crippen LogP contribution is 2.25. The van der Waals surface area contributed by atoms with Crippen molar-refractivity contribution in [1.82, 2.24) is 4.65 Å². The number of nitrogens with zero attached hydrogens (tertiary/aromatic N) is 1. The molecule has 0 radical (unpaired) electrons. The molecule has 0 saturated heterocycles. The number of aryl methyl sites for hydroxylation is 1. The van der Waals surface area contributed by atoms with E-state index in [9.17, 15) is 10.0 Å². The summed E-state index contributed by atoms with van der Waals surface area (Å²) in [6.45, 7) is 2.62. The molecule has 0 fully saturated rings. The fraction of sp³-hybridized carbons (Fsp3) is 0.533. The van der Waals surface area contributed by atoms with Gasteiger partial charge in [-0.1, -0.05) is 6.07 Å². The minimum Gasteiger partial charge on any atom is -0.481 e. The van der Waals surface area contributed by atoms with Gasteiger partial charge in [0.05, 0.1) is 18.2 Å². The molecule has 124 valence electrons. The average Bonchev–Trinajstić information content (AvgIpc) is 2.40. The molecule has 1 unspecified atom stereocenters. The van der Waals surface area contributed by atoms with Gasteiger partial charge in [0.2, 0.25) is 0 Å². The molecule has 0 heterocycles. The Morgan fingerprint density at radius 1 is 1.32 bits per heavy atom. The summed E-state index contributed by atoms with van der Waals surface area (Å²) in [7, 11) is 0. The van der Waals surface area contributed by atoms with Gasteiger partial charge in [0.15, 0.2) is 5.69 Å². The second kappa shape index (κ2) is 8.70. The third-order valence-electron chi connectivity index (χ3n) is 3.64. The zero-order valence-corrected chi connectivity index (χ0v) is 14.1. The summed E-state index contributed by atoms with van der Waals surface area (Å²) in [4.78, 5) is 10.7. The maximum Gasteiger partial charge on any atom is 0.304 e. The van der Waals surface area contributed by atoms with Crippen LogP contribution >= 0.6 is 23.2 Å². The maximum atomic E-state index is 10.7. The second-order valence-electron chi connectivity index (χ2n) is 5.42. The number of quaternary nitrogens is 1. The third-order valence-corrected chi connectivity index (χ3v) is 3.98. The lowest BCUT2D eigenvalue weighted by atomic mass is 9.98. The molecule has 0 aromatic heterocycles. The van der Waals surface area contributed by atoms with Crippen LogP contribution in [0.5, 0.6) is 0 Å². The lowest BCUT2D eigenvalue weighted by Gasteiger charge is -2.29. The Balaban J connectivity index is 3.03. The summed E-state index contributed by atoms with van der Waals surface area (Å²) in [6, 6.07) is 5.12. The average molecular weight is 350 g/mol. The van der Waals surface area contributed by atoms with Crippen molar-refractivity contribution in [1.29, 1.82) is 0 Å². The minimum absolute atomic E-state index is 0.0911. The van der Waals surface area contributed by atoms with E-state index in [2.05, 4.69) is 0 Å². The number of aliphatic carboxylic acids is 1. The number of benzene rings is 1. The first-order valence-electron chi connectivity index (χ1n) is 7.11. The number of carboxylic acid groups (broad SMARTS) is 1. The van der Waals surface area contributed by atoms with E-state index in [4.69, 9.17) is 34.0 Å². The van der Waals surface area contributed by atoms with Gasteiger partial charge in [-0.3, -0.25) is 4.79 Å². The Hall–Kier alpha value is -0.850. The Labute approximate surface area is 140 Å². The van der Waals surface area contributed by atoms with Crippen molar-refractivity contribution in [3.63, 3.8) is 0 Å². The Kier molecular flexibility index (Phi) is 7.59. The van der Waals surface area contributed by atoms with E-state index in [-0.39, 0.29) is 11.1 Å². The van der Waals surface area contributed by atoms with Crippen molar-refractivity contribution < 1.29 is 15.1 Å². The number of halogens is 2. The molecular formula is C15H23Cl2N2O3+. The van der Waals surface area contributed by atoms with E-state index in [1.807, 2.05) is 25.1 Å². The molecule has 1 atom stereocenters. The van der Waals surface area contributed by atoms with Crippen LogP contribution < -0.4 is 10.4 Å². The molecule has 0 spiro atoms. The van der Waals surface area contributed by atoms with Crippen LogP contribution in [-0.4, -0.2) is 47.2 Å². The van der Waals surface area contributed by atoms with Crippen molar-refractivity contribution in [3.8, 4) is 0 Å². The number of hydrogen-bond acceptors (Lipinski definition) is 3. The highest BCUT2D eigenvalue weighted by Gasteiger charge is 2.28. The third kappa shape index (κ3) is 5.41. The summed E-state index contributed by atoms with van der Waals surface area (Å²) >= 11 is 11.6. The summed E-state index contributed by atoms with van der Waals surface area (Å²) in [5, 5.41) is 19.5. The van der Waals surface area contributed by atoms with Gasteiger partial charge in [-0.25, -0.2) is 5.21 Å². The molecule has 0 saturated carbocycles. The van der Waals surface area contributed by atoms with Gasteiger partial charge in [0.1, 0.15) is 13.1 Å². The van der Waals surface area contributed by atoms with E-state index in [1.165, 1.54) is 0 Å². The van der Waals surface area contributed by atoms with Crippen LogP contribution in [0, 0.1) is 6.92 Å². The number of hydroxylamine groups is 2. The summed E-state index contributed by atoms with van der Waals surface area (Å²) in [5.74, 6) is -0.317. The minimum atomic E-state index is -0.919. The predicted octanol–water partition coefficient (Wildman–Crippen LogP) is 2.51. The van der Waals surface area contributed by atoms with Crippen molar-refractivity contribution >= 4 is 34.9 Å². The fourth-order valence-corrected chi connectivity index (χ4v) is 2.92. The number of rotatable bonds is 9. The molecular weight excluding hydrogens is 327 g/mol. The first-order valence-corrected chi connectivity index (χ1v) is 8.18. The summed E-state index contributed by atoms with van der Waals surface area (Å²) in [6.07, 6.45) is 0.347. The number of carboxylic acids is 1. The Morgan fingerprint density at radius 2 is 1.91 bits per heavy atom. The van der Waals surface area contributed by atoms with Crippen LogP contribution in [0.4, 0.5) is 5.69 Å². The van der Waals surface area contributed by atoms with Crippen molar-refractivity contribution in [2.45, 2.75) is 25.8 Å². The fourth-order valence-electron chi connectivity index (χ4n) is 2.37. The molecule has 0 aliphatic carbocycles. The normalized spacial score (nSPS) is 13.1. The van der Waals surface area contributed by atoms with Crippen LogP contribution in [0.2, 0.25) is 0 Å². The number of hydrogen-bond donors (Lipinski definition) is 3. The van der Waals surface area contributed by atoms with Gasteiger partial charge < -0.3 is 10.8 Å². The molecule has 1 rings (SSSR count). The van der Waals surface area contributed by atoms with E-state index in [1.54, 1.807) is 0 Å². The molecule has 4 N–H and O–H groups in total. The standard InChI is InChI=1S/C15H22Cl2N2O3/c1-11-2-3-14(19(22,6-4-16)7-5-17)9-12(11)8-13(18)10-15(20)21/h2-3,9,13,22H,4-8,10,18H2,1H3/p+1. The predicted molar refractivity (Wildman–Crippen MR) is 89.9 cm³/mol. The summed E-state index contributed by atoms with van der Waals surface area (Å²) in [5.41, 5.74) is 8.48. The van der Waals surface area contributed by atoms with Gasteiger partial charge in [-0.2, -0.15) is 0 Å². The van der Waals surface area contributed by atoms with Crippen molar-refractivity contribution in [3.05, 3.63) is 29.3 Å². The van der Waals surface area contributed by atoms with E-state index in [0.717, 1.165) is 11.1 Å². The Morgan fingerprint density at radius 3 is 2.41 bits per heavy atom. The molecule has 0 bridgehead atoms. The highest BCUT2D eigenvalue weighted by atomic mass is 35.5. The molecule has 1 aromatic carbocycles. The second-order valence-corrected chi connectivity index (χ2v) is 6.18.